The summed E-state index contributed by atoms with van der Waals surface area (Å²) in [5.41, 5.74) is 0. The summed E-state index contributed by atoms with van der Waals surface area (Å²) in [5, 5.41) is 4.20. The Bertz CT molecular complexity index is 482. The van der Waals surface area contributed by atoms with Crippen LogP contribution in [0.3, 0.4) is 0 Å². The van der Waals surface area contributed by atoms with Crippen LogP contribution in [0.4, 0.5) is 0 Å². The van der Waals surface area contributed by atoms with Gasteiger partial charge in [-0.1, -0.05) is 0 Å². The van der Waals surface area contributed by atoms with E-state index in [1.54, 1.807) is 24.7 Å². The quantitative estimate of drug-likeness (QED) is 0.866. The Morgan fingerprint density at radius 2 is 2.19 bits per heavy atom. The van der Waals surface area contributed by atoms with Crippen molar-refractivity contribution in [2.24, 2.45) is 0 Å². The molecule has 0 unspecified atom stereocenters. The number of pyridine rings is 1. The van der Waals surface area contributed by atoms with Gasteiger partial charge in [0.15, 0.2) is 5.75 Å². The monoisotopic (exact) mass is 281 g/mol. The topological polar surface area (TPSA) is 39.9 Å². The van der Waals surface area contributed by atoms with E-state index in [-0.39, 0.29) is 0 Å². The lowest BCUT2D eigenvalue weighted by Gasteiger charge is -2.05. The van der Waals surface area contributed by atoms with Gasteiger partial charge in [-0.25, -0.2) is 0 Å². The summed E-state index contributed by atoms with van der Waals surface area (Å²) in [7, 11) is 0. The number of ether oxygens (including phenoxy) is 1. The van der Waals surface area contributed by atoms with E-state index in [0.717, 1.165) is 16.0 Å². The van der Waals surface area contributed by atoms with Crippen molar-refractivity contribution in [2.75, 3.05) is 0 Å². The minimum Gasteiger partial charge on any atom is -0.453 e. The van der Waals surface area contributed by atoms with E-state index in [1.165, 1.54) is 0 Å². The smallest absolute Gasteiger partial charge is 0.165 e. The second-order valence-corrected chi connectivity index (χ2v) is 4.51. The first-order valence-electron chi connectivity index (χ1n) is 4.98. The lowest BCUT2D eigenvalue weighted by molar-refractivity contribution is 0.473. The Hall–Kier alpha value is -1.36. The summed E-state index contributed by atoms with van der Waals surface area (Å²) < 4.78 is 8.35. The highest BCUT2D eigenvalue weighted by atomic mass is 79.9. The van der Waals surface area contributed by atoms with Gasteiger partial charge >= 0.3 is 0 Å². The van der Waals surface area contributed by atoms with Crippen molar-refractivity contribution in [3.8, 4) is 11.5 Å². The second-order valence-electron chi connectivity index (χ2n) is 3.66. The highest BCUT2D eigenvalue weighted by Crippen LogP contribution is 2.28. The first kappa shape index (κ1) is 11.1. The molecule has 0 aliphatic heterocycles. The van der Waals surface area contributed by atoms with Crippen LogP contribution in [-0.2, 0) is 0 Å². The molecule has 0 spiro atoms. The molecule has 5 heteroatoms. The number of hydrogen-bond acceptors (Lipinski definition) is 3. The van der Waals surface area contributed by atoms with Gasteiger partial charge in [0, 0.05) is 24.5 Å². The third-order valence-corrected chi connectivity index (χ3v) is 2.67. The highest BCUT2D eigenvalue weighted by Gasteiger charge is 2.05. The highest BCUT2D eigenvalue weighted by molar-refractivity contribution is 9.10. The van der Waals surface area contributed by atoms with Gasteiger partial charge in [0.2, 0.25) is 0 Å². The first-order valence-corrected chi connectivity index (χ1v) is 5.77. The van der Waals surface area contributed by atoms with Gasteiger partial charge in [-0.15, -0.1) is 0 Å². The Morgan fingerprint density at radius 1 is 1.38 bits per heavy atom. The second kappa shape index (κ2) is 4.65. The zero-order valence-electron chi connectivity index (χ0n) is 9.09. The molecule has 16 heavy (non-hydrogen) atoms. The molecule has 0 aromatic carbocycles. The van der Waals surface area contributed by atoms with Crippen LogP contribution in [-0.4, -0.2) is 14.8 Å². The zero-order chi connectivity index (χ0) is 11.5. The van der Waals surface area contributed by atoms with Crippen LogP contribution in [0.25, 0.3) is 0 Å². The fourth-order valence-corrected chi connectivity index (χ4v) is 1.56. The number of rotatable bonds is 3. The molecule has 0 N–H and O–H groups in total. The number of aromatic nitrogens is 3. The molecule has 0 amide bonds. The van der Waals surface area contributed by atoms with E-state index >= 15 is 0 Å². The molecule has 2 aromatic heterocycles. The predicted octanol–water partition coefficient (Wildman–Crippen LogP) is 3.41. The van der Waals surface area contributed by atoms with E-state index in [9.17, 15) is 0 Å². The van der Waals surface area contributed by atoms with Crippen molar-refractivity contribution in [1.29, 1.82) is 0 Å². The minimum atomic E-state index is 0.332. The zero-order valence-corrected chi connectivity index (χ0v) is 10.7. The molecule has 0 saturated heterocycles. The molecule has 0 aliphatic rings. The molecular formula is C11H12BrN3O. The van der Waals surface area contributed by atoms with E-state index in [2.05, 4.69) is 39.9 Å². The van der Waals surface area contributed by atoms with Crippen LogP contribution in [0.1, 0.15) is 19.9 Å². The molecule has 0 fully saturated rings. The van der Waals surface area contributed by atoms with E-state index < -0.39 is 0 Å². The van der Waals surface area contributed by atoms with Gasteiger partial charge in [0.05, 0.1) is 16.9 Å². The van der Waals surface area contributed by atoms with Gasteiger partial charge in [0.1, 0.15) is 5.75 Å². The normalized spacial score (nSPS) is 10.8. The minimum absolute atomic E-state index is 0.332. The number of halogens is 1. The standard InChI is InChI=1S/C11H12BrN3O/c1-8(2)15-7-9(5-14-15)16-11-3-4-13-6-10(11)12/h3-8H,1-2H3. The Balaban J connectivity index is 2.18. The van der Waals surface area contributed by atoms with Crippen LogP contribution < -0.4 is 4.74 Å². The number of nitrogens with zero attached hydrogens (tertiary/aromatic N) is 3. The fourth-order valence-electron chi connectivity index (χ4n) is 1.23. The summed E-state index contributed by atoms with van der Waals surface area (Å²) in [6, 6.07) is 2.13. The summed E-state index contributed by atoms with van der Waals surface area (Å²) in [6.07, 6.45) is 6.96. The van der Waals surface area contributed by atoms with E-state index in [1.807, 2.05) is 10.9 Å². The van der Waals surface area contributed by atoms with Crippen molar-refractivity contribution in [1.82, 2.24) is 14.8 Å². The van der Waals surface area contributed by atoms with Crippen molar-refractivity contribution < 1.29 is 4.74 Å². The molecule has 0 aliphatic carbocycles. The molecule has 0 saturated carbocycles. The summed E-state index contributed by atoms with van der Waals surface area (Å²) in [5.74, 6) is 1.46. The summed E-state index contributed by atoms with van der Waals surface area (Å²) in [6.45, 7) is 4.14. The van der Waals surface area contributed by atoms with Gasteiger partial charge in [-0.3, -0.25) is 9.67 Å². The molecular weight excluding hydrogens is 270 g/mol. The fraction of sp³-hybridized carbons (Fsp3) is 0.273. The average molecular weight is 282 g/mol. The predicted molar refractivity (Wildman–Crippen MR) is 64.6 cm³/mol. The summed E-state index contributed by atoms with van der Waals surface area (Å²) >= 11 is 3.37. The van der Waals surface area contributed by atoms with Crippen molar-refractivity contribution in [2.45, 2.75) is 19.9 Å². The van der Waals surface area contributed by atoms with Crippen LogP contribution in [0, 0.1) is 0 Å². The van der Waals surface area contributed by atoms with Gasteiger partial charge in [0.25, 0.3) is 0 Å². The van der Waals surface area contributed by atoms with Gasteiger partial charge in [-0.2, -0.15) is 5.10 Å². The Kier molecular flexibility index (Phi) is 3.24. The lowest BCUT2D eigenvalue weighted by atomic mass is 10.4. The average Bonchev–Trinajstić information content (AvgIpc) is 2.70. The Labute approximate surface area is 102 Å². The van der Waals surface area contributed by atoms with Crippen molar-refractivity contribution in [3.05, 3.63) is 35.3 Å². The molecule has 2 heterocycles. The number of hydrogen-bond donors (Lipinski definition) is 0. The maximum atomic E-state index is 5.67. The molecule has 2 rings (SSSR count). The van der Waals surface area contributed by atoms with Gasteiger partial charge < -0.3 is 4.74 Å². The molecule has 0 bridgehead atoms. The maximum absolute atomic E-state index is 5.67. The van der Waals surface area contributed by atoms with Crippen LogP contribution in [0.2, 0.25) is 0 Å². The van der Waals surface area contributed by atoms with E-state index in [4.69, 9.17) is 4.74 Å². The molecule has 84 valence electrons. The Morgan fingerprint density at radius 3 is 2.81 bits per heavy atom. The molecule has 0 atom stereocenters. The van der Waals surface area contributed by atoms with Crippen LogP contribution in [0.15, 0.2) is 35.3 Å². The summed E-state index contributed by atoms with van der Waals surface area (Å²) in [4.78, 5) is 3.97. The first-order chi connectivity index (χ1) is 7.66. The van der Waals surface area contributed by atoms with E-state index in [0.29, 0.717) is 6.04 Å². The third kappa shape index (κ3) is 2.41. The third-order valence-electron chi connectivity index (χ3n) is 2.07. The largest absolute Gasteiger partial charge is 0.453 e. The van der Waals surface area contributed by atoms with Crippen molar-refractivity contribution >= 4 is 15.9 Å². The maximum Gasteiger partial charge on any atom is 0.165 e. The molecule has 0 radical (unpaired) electrons. The van der Waals surface area contributed by atoms with Gasteiger partial charge in [-0.05, 0) is 29.8 Å². The molecule has 2 aromatic rings. The van der Waals surface area contributed by atoms with Crippen LogP contribution in [0.5, 0.6) is 11.5 Å². The SMILES string of the molecule is CC(C)n1cc(Oc2ccncc2Br)cn1. The molecule has 4 nitrogen and oxygen atoms in total. The van der Waals surface area contributed by atoms with Crippen LogP contribution >= 0.6 is 15.9 Å². The lowest BCUT2D eigenvalue weighted by Crippen LogP contribution is -1.99. The van der Waals surface area contributed by atoms with Crippen molar-refractivity contribution in [3.63, 3.8) is 0 Å².